The molecule has 1 unspecified atom stereocenters. The van der Waals surface area contributed by atoms with E-state index >= 15 is 0 Å². The third-order valence-corrected chi connectivity index (χ3v) is 3.04. The Balaban J connectivity index is 2.17. The Labute approximate surface area is 104 Å². The lowest BCUT2D eigenvalue weighted by Gasteiger charge is -2.17. The van der Waals surface area contributed by atoms with Crippen molar-refractivity contribution in [2.45, 2.75) is 24.8 Å². The van der Waals surface area contributed by atoms with Crippen LogP contribution in [0.1, 0.15) is 12.8 Å². The van der Waals surface area contributed by atoms with Crippen LogP contribution < -0.4 is 10.5 Å². The molecular weight excluding hydrogens is 240 g/mol. The van der Waals surface area contributed by atoms with Gasteiger partial charge in [-0.1, -0.05) is 0 Å². The molecule has 6 heteroatoms. The summed E-state index contributed by atoms with van der Waals surface area (Å²) in [5.74, 6) is 0. The molecule has 0 aromatic carbocycles. The molecule has 0 amide bonds. The second-order valence-electron chi connectivity index (χ2n) is 4.02. The standard InChI is InChI=1S/C11H13ClN4O/c12-9(6-13)8-16-11(17)5-10(7-14-16)15-3-1-2-4-15/h5,7,9H,1-4,8H2. The molecule has 1 aliphatic heterocycles. The zero-order valence-corrected chi connectivity index (χ0v) is 10.1. The highest BCUT2D eigenvalue weighted by Crippen LogP contribution is 2.16. The topological polar surface area (TPSA) is 61.9 Å². The predicted octanol–water partition coefficient (Wildman–Crippen LogP) is 0.974. The molecule has 1 aromatic heterocycles. The zero-order valence-electron chi connectivity index (χ0n) is 9.34. The number of hydrogen-bond acceptors (Lipinski definition) is 4. The van der Waals surface area contributed by atoms with Crippen molar-refractivity contribution in [3.05, 3.63) is 22.6 Å². The van der Waals surface area contributed by atoms with E-state index < -0.39 is 5.38 Å². The molecule has 5 nitrogen and oxygen atoms in total. The molecule has 1 fully saturated rings. The van der Waals surface area contributed by atoms with E-state index in [1.165, 1.54) is 4.68 Å². The second-order valence-corrected chi connectivity index (χ2v) is 4.55. The number of hydrogen-bond donors (Lipinski definition) is 0. The number of anilines is 1. The predicted molar refractivity (Wildman–Crippen MR) is 65.2 cm³/mol. The maximum absolute atomic E-state index is 11.8. The summed E-state index contributed by atoms with van der Waals surface area (Å²) in [6.07, 6.45) is 3.97. The Bertz CT molecular complexity index is 487. The van der Waals surface area contributed by atoms with Crippen LogP contribution in [0.2, 0.25) is 0 Å². The molecule has 0 saturated carbocycles. The number of nitrogens with zero attached hydrogens (tertiary/aromatic N) is 4. The van der Waals surface area contributed by atoms with E-state index in [1.807, 2.05) is 6.07 Å². The normalized spacial score (nSPS) is 16.8. The molecule has 17 heavy (non-hydrogen) atoms. The van der Waals surface area contributed by atoms with E-state index in [2.05, 4.69) is 10.00 Å². The number of rotatable bonds is 3. The average molecular weight is 253 g/mol. The number of nitriles is 1. The maximum Gasteiger partial charge on any atom is 0.268 e. The summed E-state index contributed by atoms with van der Waals surface area (Å²) < 4.78 is 1.22. The molecular formula is C11H13ClN4O. The van der Waals surface area contributed by atoms with Crippen molar-refractivity contribution in [1.29, 1.82) is 5.26 Å². The molecule has 0 aliphatic carbocycles. The lowest BCUT2D eigenvalue weighted by atomic mass is 10.4. The van der Waals surface area contributed by atoms with E-state index in [4.69, 9.17) is 16.9 Å². The van der Waals surface area contributed by atoms with E-state index in [9.17, 15) is 4.79 Å². The van der Waals surface area contributed by atoms with Crippen LogP contribution in [0, 0.1) is 11.3 Å². The minimum atomic E-state index is -0.724. The molecule has 1 aliphatic rings. The van der Waals surface area contributed by atoms with Crippen LogP contribution in [-0.4, -0.2) is 28.2 Å². The summed E-state index contributed by atoms with van der Waals surface area (Å²) in [6, 6.07) is 3.42. The quantitative estimate of drug-likeness (QED) is 0.753. The van der Waals surface area contributed by atoms with Gasteiger partial charge in [0.05, 0.1) is 24.5 Å². The summed E-state index contributed by atoms with van der Waals surface area (Å²) in [7, 11) is 0. The molecule has 1 atom stereocenters. The van der Waals surface area contributed by atoms with E-state index in [0.717, 1.165) is 31.6 Å². The summed E-state index contributed by atoms with van der Waals surface area (Å²) in [4.78, 5) is 13.9. The average Bonchev–Trinajstić information content (AvgIpc) is 2.85. The fourth-order valence-corrected chi connectivity index (χ4v) is 2.03. The van der Waals surface area contributed by atoms with Crippen molar-refractivity contribution in [2.75, 3.05) is 18.0 Å². The summed E-state index contributed by atoms with van der Waals surface area (Å²) >= 11 is 5.67. The van der Waals surface area contributed by atoms with Crippen LogP contribution in [-0.2, 0) is 6.54 Å². The molecule has 0 radical (unpaired) electrons. The van der Waals surface area contributed by atoms with Gasteiger partial charge < -0.3 is 4.90 Å². The highest BCUT2D eigenvalue weighted by atomic mass is 35.5. The molecule has 90 valence electrons. The van der Waals surface area contributed by atoms with Gasteiger partial charge in [0.1, 0.15) is 5.38 Å². The van der Waals surface area contributed by atoms with Crippen LogP contribution >= 0.6 is 11.6 Å². The van der Waals surface area contributed by atoms with Crippen LogP contribution in [0.15, 0.2) is 17.1 Å². The van der Waals surface area contributed by atoms with Gasteiger partial charge in [-0.2, -0.15) is 10.4 Å². The second kappa shape index (κ2) is 5.19. The van der Waals surface area contributed by atoms with Crippen LogP contribution in [0.5, 0.6) is 0 Å². The van der Waals surface area contributed by atoms with E-state index in [0.29, 0.717) is 0 Å². The van der Waals surface area contributed by atoms with Crippen molar-refractivity contribution in [3.63, 3.8) is 0 Å². The van der Waals surface area contributed by atoms with Gasteiger partial charge in [0, 0.05) is 19.2 Å². The highest BCUT2D eigenvalue weighted by Gasteiger charge is 2.14. The van der Waals surface area contributed by atoms with Gasteiger partial charge in [-0.3, -0.25) is 4.79 Å². The molecule has 0 N–H and O–H groups in total. The molecule has 2 heterocycles. The summed E-state index contributed by atoms with van der Waals surface area (Å²) in [6.45, 7) is 2.07. The summed E-state index contributed by atoms with van der Waals surface area (Å²) in [5, 5.41) is 11.9. The van der Waals surface area contributed by atoms with Crippen LogP contribution in [0.4, 0.5) is 5.69 Å². The Morgan fingerprint density at radius 1 is 1.53 bits per heavy atom. The van der Waals surface area contributed by atoms with E-state index in [1.54, 1.807) is 12.3 Å². The molecule has 1 saturated heterocycles. The van der Waals surface area contributed by atoms with Gasteiger partial charge in [0.15, 0.2) is 0 Å². The Morgan fingerprint density at radius 3 is 2.82 bits per heavy atom. The fourth-order valence-electron chi connectivity index (χ4n) is 1.90. The van der Waals surface area contributed by atoms with Crippen LogP contribution in [0.3, 0.4) is 0 Å². The lowest BCUT2D eigenvalue weighted by Crippen LogP contribution is -2.28. The van der Waals surface area contributed by atoms with Gasteiger partial charge in [-0.25, -0.2) is 4.68 Å². The zero-order chi connectivity index (χ0) is 12.3. The first-order valence-corrected chi connectivity index (χ1v) is 6.00. The molecule has 0 bridgehead atoms. The largest absolute Gasteiger partial charge is 0.370 e. The highest BCUT2D eigenvalue weighted by molar-refractivity contribution is 6.22. The van der Waals surface area contributed by atoms with Crippen molar-refractivity contribution in [2.24, 2.45) is 0 Å². The SMILES string of the molecule is N#CC(Cl)Cn1ncc(N2CCCC2)cc1=O. The van der Waals surface area contributed by atoms with Gasteiger partial charge in [-0.05, 0) is 12.8 Å². The Kier molecular flexibility index (Phi) is 3.64. The minimum absolute atomic E-state index is 0.122. The first kappa shape index (κ1) is 11.9. The lowest BCUT2D eigenvalue weighted by molar-refractivity contribution is 0.591. The van der Waals surface area contributed by atoms with Gasteiger partial charge in [-0.15, -0.1) is 11.6 Å². The minimum Gasteiger partial charge on any atom is -0.370 e. The Hall–Kier alpha value is -1.54. The maximum atomic E-state index is 11.8. The molecule has 1 aromatic rings. The van der Waals surface area contributed by atoms with Gasteiger partial charge in [0.25, 0.3) is 5.56 Å². The smallest absolute Gasteiger partial charge is 0.268 e. The third kappa shape index (κ3) is 2.77. The summed E-state index contributed by atoms with van der Waals surface area (Å²) in [5.41, 5.74) is 0.641. The van der Waals surface area contributed by atoms with Crippen molar-refractivity contribution < 1.29 is 0 Å². The molecule has 2 rings (SSSR count). The van der Waals surface area contributed by atoms with Crippen molar-refractivity contribution >= 4 is 17.3 Å². The monoisotopic (exact) mass is 252 g/mol. The fraction of sp³-hybridized carbons (Fsp3) is 0.545. The number of alkyl halides is 1. The van der Waals surface area contributed by atoms with Gasteiger partial charge in [0.2, 0.25) is 0 Å². The number of halogens is 1. The number of aromatic nitrogens is 2. The Morgan fingerprint density at radius 2 is 2.24 bits per heavy atom. The van der Waals surface area contributed by atoms with E-state index in [-0.39, 0.29) is 12.1 Å². The first-order chi connectivity index (χ1) is 8.20. The van der Waals surface area contributed by atoms with Gasteiger partial charge >= 0.3 is 0 Å². The third-order valence-electron chi connectivity index (χ3n) is 2.80. The first-order valence-electron chi connectivity index (χ1n) is 5.56. The molecule has 0 spiro atoms. The van der Waals surface area contributed by atoms with Crippen molar-refractivity contribution in [1.82, 2.24) is 9.78 Å². The van der Waals surface area contributed by atoms with Crippen LogP contribution in [0.25, 0.3) is 0 Å². The van der Waals surface area contributed by atoms with Crippen molar-refractivity contribution in [3.8, 4) is 6.07 Å².